The van der Waals surface area contributed by atoms with Gasteiger partial charge in [0.05, 0.1) is 19.4 Å². The van der Waals surface area contributed by atoms with Crippen LogP contribution in [0.5, 0.6) is 5.75 Å². The van der Waals surface area contributed by atoms with Gasteiger partial charge in [-0.15, -0.1) is 0 Å². The van der Waals surface area contributed by atoms with E-state index in [1.165, 1.54) is 0 Å². The van der Waals surface area contributed by atoms with Gasteiger partial charge in [-0.1, -0.05) is 36.4 Å². The summed E-state index contributed by atoms with van der Waals surface area (Å²) in [6.45, 7) is 2.97. The molecule has 0 amide bonds. The van der Waals surface area contributed by atoms with Gasteiger partial charge in [-0.25, -0.2) is 0 Å². The van der Waals surface area contributed by atoms with Gasteiger partial charge in [0.1, 0.15) is 12.4 Å². The third-order valence-electron chi connectivity index (χ3n) is 4.20. The number of ether oxygens (including phenoxy) is 2. The first-order chi connectivity index (χ1) is 12.5. The molecule has 1 atom stereocenters. The fraction of sp³-hybridized carbons (Fsp3) is 0.300. The number of fused-ring (bicyclic) bond motifs is 3. The summed E-state index contributed by atoms with van der Waals surface area (Å²) in [6.07, 6.45) is 0.00188. The van der Waals surface area contributed by atoms with Crippen molar-refractivity contribution in [3.8, 4) is 5.75 Å². The molecular formula is C20H23O5P. The zero-order chi connectivity index (χ0) is 18.6. The highest BCUT2D eigenvalue weighted by Gasteiger charge is 2.20. The van der Waals surface area contributed by atoms with Crippen LogP contribution in [0.1, 0.15) is 12.5 Å². The molecule has 0 radical (unpaired) electrons. The van der Waals surface area contributed by atoms with E-state index in [4.69, 9.17) is 14.0 Å². The minimum atomic E-state index is -3.63. The average molecular weight is 374 g/mol. The van der Waals surface area contributed by atoms with Crippen molar-refractivity contribution in [3.05, 3.63) is 54.1 Å². The zero-order valence-electron chi connectivity index (χ0n) is 15.0. The van der Waals surface area contributed by atoms with Crippen molar-refractivity contribution < 1.29 is 23.5 Å². The first kappa shape index (κ1) is 18.9. The summed E-state index contributed by atoms with van der Waals surface area (Å²) in [7, 11) is -1.99. The smallest absolute Gasteiger partial charge is 0.332 e. The lowest BCUT2D eigenvalue weighted by atomic mass is 9.99. The molecule has 6 heteroatoms. The zero-order valence-corrected chi connectivity index (χ0v) is 15.9. The number of methoxy groups -OCH3 is 1. The molecule has 5 nitrogen and oxygen atoms in total. The van der Waals surface area contributed by atoms with Gasteiger partial charge in [0.15, 0.2) is 0 Å². The number of hydrogen-bond acceptors (Lipinski definition) is 4. The summed E-state index contributed by atoms with van der Waals surface area (Å²) in [4.78, 5) is 9.99. The normalized spacial score (nSPS) is 13.8. The van der Waals surface area contributed by atoms with Gasteiger partial charge in [-0.2, -0.15) is 0 Å². The Morgan fingerprint density at radius 3 is 2.58 bits per heavy atom. The molecule has 0 aliphatic heterocycles. The summed E-state index contributed by atoms with van der Waals surface area (Å²) in [5.74, 6) is 0.793. The van der Waals surface area contributed by atoms with E-state index in [0.29, 0.717) is 13.2 Å². The SMILES string of the molecule is CCOP(=O)(O)Cc1cccc2c1ccc1cc(OCCOC)ccc12. The predicted molar refractivity (Wildman–Crippen MR) is 104 cm³/mol. The van der Waals surface area contributed by atoms with Crippen LogP contribution in [0.15, 0.2) is 48.5 Å². The summed E-state index contributed by atoms with van der Waals surface area (Å²) in [6, 6.07) is 15.7. The van der Waals surface area contributed by atoms with Gasteiger partial charge >= 0.3 is 7.60 Å². The van der Waals surface area contributed by atoms with Crippen LogP contribution in [-0.4, -0.2) is 31.8 Å². The van der Waals surface area contributed by atoms with Crippen LogP contribution in [0.25, 0.3) is 21.5 Å². The Labute approximate surface area is 153 Å². The van der Waals surface area contributed by atoms with Gasteiger partial charge in [-0.3, -0.25) is 4.57 Å². The maximum atomic E-state index is 12.2. The molecular weight excluding hydrogens is 351 g/mol. The van der Waals surface area contributed by atoms with Gasteiger partial charge in [0.25, 0.3) is 0 Å². The Hall–Kier alpha value is -1.91. The van der Waals surface area contributed by atoms with Crippen molar-refractivity contribution in [1.29, 1.82) is 0 Å². The Balaban J connectivity index is 1.99. The molecule has 0 aliphatic carbocycles. The summed E-state index contributed by atoms with van der Waals surface area (Å²) in [5, 5.41) is 4.14. The minimum absolute atomic E-state index is 0.00188. The Morgan fingerprint density at radius 2 is 1.81 bits per heavy atom. The molecule has 0 heterocycles. The van der Waals surface area contributed by atoms with E-state index >= 15 is 0 Å². The topological polar surface area (TPSA) is 65.0 Å². The highest BCUT2D eigenvalue weighted by molar-refractivity contribution is 7.52. The first-order valence-corrected chi connectivity index (χ1v) is 10.3. The molecule has 0 fully saturated rings. The van der Waals surface area contributed by atoms with Crippen LogP contribution in [0.3, 0.4) is 0 Å². The van der Waals surface area contributed by atoms with Crippen LogP contribution in [0.4, 0.5) is 0 Å². The van der Waals surface area contributed by atoms with E-state index in [0.717, 1.165) is 32.9 Å². The second-order valence-corrected chi connectivity index (χ2v) is 7.86. The Bertz CT molecular complexity index is 953. The fourth-order valence-electron chi connectivity index (χ4n) is 3.07. The summed E-state index contributed by atoms with van der Waals surface area (Å²) in [5.41, 5.74) is 0.809. The second kappa shape index (κ2) is 8.19. The average Bonchev–Trinajstić information content (AvgIpc) is 2.61. The fourth-order valence-corrected chi connectivity index (χ4v) is 4.28. The van der Waals surface area contributed by atoms with Gasteiger partial charge < -0.3 is 18.9 Å². The maximum Gasteiger partial charge on any atom is 0.332 e. The number of benzene rings is 3. The molecule has 3 aromatic carbocycles. The molecule has 1 N–H and O–H groups in total. The number of hydrogen-bond donors (Lipinski definition) is 1. The quantitative estimate of drug-likeness (QED) is 0.350. The molecule has 0 bridgehead atoms. The lowest BCUT2D eigenvalue weighted by Gasteiger charge is -2.14. The van der Waals surface area contributed by atoms with Crippen molar-refractivity contribution in [2.45, 2.75) is 13.1 Å². The summed E-state index contributed by atoms with van der Waals surface area (Å²) >= 11 is 0. The molecule has 0 saturated heterocycles. The molecule has 138 valence electrons. The highest BCUT2D eigenvalue weighted by Crippen LogP contribution is 2.47. The van der Waals surface area contributed by atoms with Gasteiger partial charge in [-0.05, 0) is 46.2 Å². The van der Waals surface area contributed by atoms with Crippen LogP contribution in [-0.2, 0) is 20.0 Å². The van der Waals surface area contributed by atoms with E-state index in [9.17, 15) is 9.46 Å². The third kappa shape index (κ3) is 4.25. The Kier molecular flexibility index (Phi) is 5.94. The third-order valence-corrected chi connectivity index (χ3v) is 5.60. The molecule has 0 saturated carbocycles. The largest absolute Gasteiger partial charge is 0.491 e. The van der Waals surface area contributed by atoms with Crippen molar-refractivity contribution >= 4 is 29.1 Å². The van der Waals surface area contributed by atoms with Crippen molar-refractivity contribution in [1.82, 2.24) is 0 Å². The van der Waals surface area contributed by atoms with E-state index in [-0.39, 0.29) is 12.8 Å². The van der Waals surface area contributed by atoms with Crippen molar-refractivity contribution in [3.63, 3.8) is 0 Å². The maximum absolute atomic E-state index is 12.2. The number of rotatable bonds is 8. The lowest BCUT2D eigenvalue weighted by molar-refractivity contribution is 0.146. The molecule has 3 rings (SSSR count). The van der Waals surface area contributed by atoms with Crippen LogP contribution < -0.4 is 4.74 Å². The molecule has 0 aliphatic rings. The minimum Gasteiger partial charge on any atom is -0.491 e. The molecule has 26 heavy (non-hydrogen) atoms. The monoisotopic (exact) mass is 374 g/mol. The Morgan fingerprint density at radius 1 is 1.00 bits per heavy atom. The van der Waals surface area contributed by atoms with Crippen LogP contribution >= 0.6 is 7.60 Å². The molecule has 3 aromatic rings. The van der Waals surface area contributed by atoms with E-state index in [2.05, 4.69) is 0 Å². The van der Waals surface area contributed by atoms with Crippen molar-refractivity contribution in [2.24, 2.45) is 0 Å². The lowest BCUT2D eigenvalue weighted by Crippen LogP contribution is -2.03. The van der Waals surface area contributed by atoms with Gasteiger partial charge in [0.2, 0.25) is 0 Å². The van der Waals surface area contributed by atoms with Crippen molar-refractivity contribution in [2.75, 3.05) is 26.9 Å². The second-order valence-electron chi connectivity index (χ2n) is 6.02. The van der Waals surface area contributed by atoms with Gasteiger partial charge in [0, 0.05) is 7.11 Å². The molecule has 1 unspecified atom stereocenters. The van der Waals surface area contributed by atoms with Crippen LogP contribution in [0.2, 0.25) is 0 Å². The molecule has 0 spiro atoms. The van der Waals surface area contributed by atoms with Crippen LogP contribution in [0, 0.1) is 0 Å². The standard InChI is InChI=1S/C20H23O5P/c1-3-25-26(21,22)14-16-5-4-6-20-18-10-8-17(24-12-11-23-2)13-15(18)7-9-19(16)20/h4-10,13H,3,11-12,14H2,1-2H3,(H,21,22). The molecule has 0 aromatic heterocycles. The summed E-state index contributed by atoms with van der Waals surface area (Å²) < 4.78 is 27.9. The first-order valence-electron chi connectivity index (χ1n) is 8.56. The van der Waals surface area contributed by atoms with E-state index in [1.807, 2.05) is 48.5 Å². The van der Waals surface area contributed by atoms with E-state index < -0.39 is 7.60 Å². The van der Waals surface area contributed by atoms with E-state index in [1.54, 1.807) is 14.0 Å². The predicted octanol–water partition coefficient (Wildman–Crippen LogP) is 4.74. The highest BCUT2D eigenvalue weighted by atomic mass is 31.2.